The second kappa shape index (κ2) is 11.6. The van der Waals surface area contributed by atoms with Gasteiger partial charge in [-0.2, -0.15) is 0 Å². The van der Waals surface area contributed by atoms with Gasteiger partial charge in [0.15, 0.2) is 11.0 Å². The average Bonchev–Trinajstić information content (AvgIpc) is 3.20. The zero-order valence-electron chi connectivity index (χ0n) is 19.0. The number of thioether (sulfide) groups is 1. The largest absolute Gasteiger partial charge is 0.492 e. The molecule has 32 heavy (non-hydrogen) atoms. The molecular formula is C24H30N4O3S. The fraction of sp³-hybridized carbons (Fsp3) is 0.375. The van der Waals surface area contributed by atoms with Gasteiger partial charge in [0.1, 0.15) is 18.1 Å². The molecule has 0 aliphatic rings. The van der Waals surface area contributed by atoms with Gasteiger partial charge in [0, 0.05) is 6.54 Å². The number of aromatic nitrogens is 3. The highest BCUT2D eigenvalue weighted by Gasteiger charge is 2.15. The molecule has 1 aromatic heterocycles. The van der Waals surface area contributed by atoms with E-state index in [4.69, 9.17) is 9.47 Å². The zero-order valence-corrected chi connectivity index (χ0v) is 19.8. The smallest absolute Gasteiger partial charge is 0.234 e. The van der Waals surface area contributed by atoms with Crippen LogP contribution in [0.5, 0.6) is 11.5 Å². The summed E-state index contributed by atoms with van der Waals surface area (Å²) in [6.07, 6.45) is 0. The van der Waals surface area contributed by atoms with E-state index in [2.05, 4.69) is 41.5 Å². The minimum atomic E-state index is -0.129. The molecule has 0 aliphatic carbocycles. The minimum absolute atomic E-state index is 0.129. The Kier molecular flexibility index (Phi) is 8.56. The van der Waals surface area contributed by atoms with Gasteiger partial charge >= 0.3 is 0 Å². The van der Waals surface area contributed by atoms with Crippen LogP contribution < -0.4 is 14.8 Å². The summed E-state index contributed by atoms with van der Waals surface area (Å²) in [4.78, 5) is 12.5. The summed E-state index contributed by atoms with van der Waals surface area (Å²) in [5.74, 6) is 2.75. The number of anilines is 1. The lowest BCUT2D eigenvalue weighted by Crippen LogP contribution is -2.15. The molecule has 0 bridgehead atoms. The molecule has 7 nitrogen and oxygen atoms in total. The lowest BCUT2D eigenvalue weighted by Gasteiger charge is -2.11. The normalized spacial score (nSPS) is 10.9. The standard InChI is InChI=1S/C24H30N4O3S/c1-5-28-22(15-31-19-13-11-18(12-14-19)17(3)4)26-27-24(28)32-16-23(29)25-20-9-7-8-10-21(20)30-6-2/h7-14,17H,5-6,15-16H2,1-4H3,(H,25,29). The predicted octanol–water partition coefficient (Wildman–Crippen LogP) is 5.13. The summed E-state index contributed by atoms with van der Waals surface area (Å²) in [5.41, 5.74) is 1.93. The zero-order chi connectivity index (χ0) is 22.9. The molecule has 1 N–H and O–H groups in total. The molecule has 0 atom stereocenters. The molecule has 8 heteroatoms. The van der Waals surface area contributed by atoms with Crippen LogP contribution in [0.1, 0.15) is 45.0 Å². The van der Waals surface area contributed by atoms with Gasteiger partial charge in [-0.1, -0.05) is 49.9 Å². The van der Waals surface area contributed by atoms with Crippen LogP contribution in [-0.2, 0) is 17.9 Å². The third-order valence-corrected chi connectivity index (χ3v) is 5.78. The molecule has 1 amide bonds. The van der Waals surface area contributed by atoms with Crippen molar-refractivity contribution in [3.63, 3.8) is 0 Å². The van der Waals surface area contributed by atoms with Crippen LogP contribution in [0.2, 0.25) is 0 Å². The first-order chi connectivity index (χ1) is 15.5. The molecular weight excluding hydrogens is 424 g/mol. The molecule has 0 saturated carbocycles. The molecule has 0 radical (unpaired) electrons. The van der Waals surface area contributed by atoms with Gasteiger partial charge in [-0.05, 0) is 49.6 Å². The second-order valence-corrected chi connectivity index (χ2v) is 8.36. The molecule has 2 aromatic carbocycles. The van der Waals surface area contributed by atoms with Gasteiger partial charge in [-0.3, -0.25) is 4.79 Å². The first-order valence-electron chi connectivity index (χ1n) is 10.8. The SMILES string of the molecule is CCOc1ccccc1NC(=O)CSc1nnc(COc2ccc(C(C)C)cc2)n1CC. The van der Waals surface area contributed by atoms with Gasteiger partial charge in [-0.15, -0.1) is 10.2 Å². The van der Waals surface area contributed by atoms with Crippen molar-refractivity contribution in [2.75, 3.05) is 17.7 Å². The summed E-state index contributed by atoms with van der Waals surface area (Å²) < 4.78 is 13.4. The quantitative estimate of drug-likeness (QED) is 0.405. The summed E-state index contributed by atoms with van der Waals surface area (Å²) in [6, 6.07) is 15.5. The van der Waals surface area contributed by atoms with Crippen LogP contribution in [0, 0.1) is 0 Å². The Balaban J connectivity index is 1.57. The number of benzene rings is 2. The third kappa shape index (κ3) is 6.26. The van der Waals surface area contributed by atoms with Crippen LogP contribution in [-0.4, -0.2) is 33.0 Å². The van der Waals surface area contributed by atoms with E-state index in [0.29, 0.717) is 42.3 Å². The van der Waals surface area contributed by atoms with Crippen molar-refractivity contribution in [2.45, 2.75) is 51.9 Å². The Bertz CT molecular complexity index is 1020. The minimum Gasteiger partial charge on any atom is -0.492 e. The lowest BCUT2D eigenvalue weighted by atomic mass is 10.0. The summed E-state index contributed by atoms with van der Waals surface area (Å²) in [5, 5.41) is 12.1. The molecule has 0 saturated heterocycles. The predicted molar refractivity (Wildman–Crippen MR) is 128 cm³/mol. The topological polar surface area (TPSA) is 78.3 Å². The van der Waals surface area contributed by atoms with E-state index < -0.39 is 0 Å². The number of carbonyl (C=O) groups is 1. The van der Waals surface area contributed by atoms with Crippen molar-refractivity contribution >= 4 is 23.4 Å². The van der Waals surface area contributed by atoms with Gasteiger partial charge in [0.25, 0.3) is 0 Å². The van der Waals surface area contributed by atoms with Gasteiger partial charge in [0.2, 0.25) is 5.91 Å². The highest BCUT2D eigenvalue weighted by molar-refractivity contribution is 7.99. The van der Waals surface area contributed by atoms with E-state index in [0.717, 1.165) is 11.6 Å². The number of rotatable bonds is 11. The van der Waals surface area contributed by atoms with Crippen LogP contribution in [0.15, 0.2) is 53.7 Å². The number of para-hydroxylation sites is 2. The van der Waals surface area contributed by atoms with Crippen molar-refractivity contribution < 1.29 is 14.3 Å². The van der Waals surface area contributed by atoms with E-state index >= 15 is 0 Å². The van der Waals surface area contributed by atoms with Crippen molar-refractivity contribution in [1.29, 1.82) is 0 Å². The second-order valence-electron chi connectivity index (χ2n) is 7.42. The van der Waals surface area contributed by atoms with Crippen molar-refractivity contribution in [3.05, 3.63) is 59.9 Å². The third-order valence-electron chi connectivity index (χ3n) is 4.82. The number of nitrogens with zero attached hydrogens (tertiary/aromatic N) is 3. The fourth-order valence-electron chi connectivity index (χ4n) is 3.11. The highest BCUT2D eigenvalue weighted by Crippen LogP contribution is 2.25. The van der Waals surface area contributed by atoms with Crippen molar-refractivity contribution in [1.82, 2.24) is 14.8 Å². The summed E-state index contributed by atoms with van der Waals surface area (Å²) in [7, 11) is 0. The monoisotopic (exact) mass is 454 g/mol. The van der Waals surface area contributed by atoms with Gasteiger partial charge in [-0.25, -0.2) is 0 Å². The number of amides is 1. The van der Waals surface area contributed by atoms with E-state index in [1.165, 1.54) is 17.3 Å². The van der Waals surface area contributed by atoms with Crippen molar-refractivity contribution in [2.24, 2.45) is 0 Å². The van der Waals surface area contributed by atoms with Crippen LogP contribution in [0.4, 0.5) is 5.69 Å². The highest BCUT2D eigenvalue weighted by atomic mass is 32.2. The summed E-state index contributed by atoms with van der Waals surface area (Å²) >= 11 is 1.35. The number of nitrogens with one attached hydrogen (secondary N) is 1. The Morgan fingerprint density at radius 1 is 1.06 bits per heavy atom. The first-order valence-corrected chi connectivity index (χ1v) is 11.8. The molecule has 170 valence electrons. The maximum Gasteiger partial charge on any atom is 0.234 e. The van der Waals surface area contributed by atoms with Crippen LogP contribution in [0.25, 0.3) is 0 Å². The van der Waals surface area contributed by atoms with Crippen LogP contribution >= 0.6 is 11.8 Å². The average molecular weight is 455 g/mol. The maximum absolute atomic E-state index is 12.5. The summed E-state index contributed by atoms with van der Waals surface area (Å²) in [6.45, 7) is 9.80. The van der Waals surface area contributed by atoms with Crippen LogP contribution in [0.3, 0.4) is 0 Å². The molecule has 0 spiro atoms. The number of carbonyl (C=O) groups excluding carboxylic acids is 1. The lowest BCUT2D eigenvalue weighted by molar-refractivity contribution is -0.113. The molecule has 3 rings (SSSR count). The molecule has 0 fully saturated rings. The maximum atomic E-state index is 12.5. The number of hydrogen-bond acceptors (Lipinski definition) is 6. The number of hydrogen-bond donors (Lipinski definition) is 1. The number of ether oxygens (including phenoxy) is 2. The Hall–Kier alpha value is -3.00. The van der Waals surface area contributed by atoms with E-state index in [-0.39, 0.29) is 11.7 Å². The fourth-order valence-corrected chi connectivity index (χ4v) is 3.94. The van der Waals surface area contributed by atoms with E-state index in [1.54, 1.807) is 0 Å². The Labute approximate surface area is 193 Å². The molecule has 0 unspecified atom stereocenters. The van der Waals surface area contributed by atoms with E-state index in [1.807, 2.05) is 54.8 Å². The molecule has 3 aromatic rings. The molecule has 0 aliphatic heterocycles. The molecule has 1 heterocycles. The van der Waals surface area contributed by atoms with Gasteiger partial charge in [0.05, 0.1) is 18.0 Å². The Morgan fingerprint density at radius 3 is 2.50 bits per heavy atom. The Morgan fingerprint density at radius 2 is 1.81 bits per heavy atom. The first kappa shape index (κ1) is 23.7. The van der Waals surface area contributed by atoms with E-state index in [9.17, 15) is 4.79 Å². The van der Waals surface area contributed by atoms with Crippen molar-refractivity contribution in [3.8, 4) is 11.5 Å². The van der Waals surface area contributed by atoms with Gasteiger partial charge < -0.3 is 19.4 Å².